The molecule has 0 N–H and O–H groups in total. The molecule has 0 saturated carbocycles. The van der Waals surface area contributed by atoms with E-state index in [0.29, 0.717) is 6.61 Å². The van der Waals surface area contributed by atoms with Crippen molar-refractivity contribution in [1.82, 2.24) is 0 Å². The van der Waals surface area contributed by atoms with Crippen LogP contribution in [0.3, 0.4) is 0 Å². The zero-order chi connectivity index (χ0) is 19.1. The van der Waals surface area contributed by atoms with Crippen molar-refractivity contribution in [1.29, 1.82) is 0 Å². The third-order valence-corrected chi connectivity index (χ3v) is 3.75. The van der Waals surface area contributed by atoms with Crippen LogP contribution in [0.1, 0.15) is 53.9 Å². The summed E-state index contributed by atoms with van der Waals surface area (Å²) in [6, 6.07) is 0. The van der Waals surface area contributed by atoms with Crippen molar-refractivity contribution in [2.24, 2.45) is 5.16 Å². The molecule has 25 heavy (non-hydrogen) atoms. The van der Waals surface area contributed by atoms with Crippen molar-refractivity contribution in [3.8, 4) is 0 Å². The summed E-state index contributed by atoms with van der Waals surface area (Å²) in [4.78, 5) is 4.90. The van der Waals surface area contributed by atoms with Crippen molar-refractivity contribution < 1.29 is 9.57 Å². The van der Waals surface area contributed by atoms with E-state index in [1.165, 1.54) is 11.1 Å². The molecule has 1 unspecified atom stereocenters. The molecule has 3 nitrogen and oxygen atoms in total. The van der Waals surface area contributed by atoms with Crippen LogP contribution in [0.4, 0.5) is 0 Å². The van der Waals surface area contributed by atoms with E-state index in [9.17, 15) is 0 Å². The van der Waals surface area contributed by atoms with Gasteiger partial charge in [-0.3, -0.25) is 0 Å². The van der Waals surface area contributed by atoms with Gasteiger partial charge in [0.05, 0.1) is 11.8 Å². The largest absolute Gasteiger partial charge is 0.399 e. The zero-order valence-electron chi connectivity index (χ0n) is 16.8. The molecule has 0 aromatic carbocycles. The van der Waals surface area contributed by atoms with Gasteiger partial charge in [0.15, 0.2) is 0 Å². The fraction of sp³-hybridized carbons (Fsp3) is 0.500. The first kappa shape index (κ1) is 23.1. The Labute approximate surface area is 154 Å². The first-order chi connectivity index (χ1) is 12.0. The van der Waals surface area contributed by atoms with Crippen molar-refractivity contribution in [3.63, 3.8) is 0 Å². The van der Waals surface area contributed by atoms with Gasteiger partial charge in [0, 0.05) is 12.2 Å². The minimum absolute atomic E-state index is 0.0560. The molecule has 0 aliphatic heterocycles. The van der Waals surface area contributed by atoms with Gasteiger partial charge in [0.2, 0.25) is 0 Å². The van der Waals surface area contributed by atoms with E-state index in [2.05, 4.69) is 49.0 Å². The van der Waals surface area contributed by atoms with Crippen LogP contribution in [-0.2, 0) is 9.57 Å². The lowest BCUT2D eigenvalue weighted by atomic mass is 9.97. The van der Waals surface area contributed by atoms with Gasteiger partial charge in [-0.1, -0.05) is 52.8 Å². The molecule has 0 fully saturated rings. The number of rotatable bonds is 8. The third-order valence-electron chi connectivity index (χ3n) is 3.75. The van der Waals surface area contributed by atoms with Crippen molar-refractivity contribution in [2.45, 2.75) is 60.0 Å². The molecule has 1 aliphatic carbocycles. The molecule has 0 aromatic rings. The molecule has 1 atom stereocenters. The summed E-state index contributed by atoms with van der Waals surface area (Å²) >= 11 is 0. The summed E-state index contributed by atoms with van der Waals surface area (Å²) < 4.78 is 5.94. The number of allylic oxidation sites excluding steroid dienone is 8. The Balaban J connectivity index is 0.00000178. The van der Waals surface area contributed by atoms with Crippen molar-refractivity contribution in [3.05, 3.63) is 59.8 Å². The second kappa shape index (κ2) is 14.5. The van der Waals surface area contributed by atoms with E-state index < -0.39 is 0 Å². The maximum Gasteiger partial charge on any atom is 0.106 e. The van der Waals surface area contributed by atoms with Gasteiger partial charge >= 0.3 is 0 Å². The Bertz CT molecular complexity index is 536. The van der Waals surface area contributed by atoms with Crippen LogP contribution in [0.15, 0.2) is 64.9 Å². The highest BCUT2D eigenvalue weighted by molar-refractivity contribution is 5.98. The average Bonchev–Trinajstić information content (AvgIpc) is 2.78. The molecule has 140 valence electrons. The molecule has 0 spiro atoms. The lowest BCUT2D eigenvalue weighted by Crippen LogP contribution is -2.21. The molecule has 0 amide bonds. The van der Waals surface area contributed by atoms with Crippen LogP contribution in [0.5, 0.6) is 0 Å². The topological polar surface area (TPSA) is 30.8 Å². The second-order valence-electron chi connectivity index (χ2n) is 5.79. The van der Waals surface area contributed by atoms with Gasteiger partial charge in [0.25, 0.3) is 0 Å². The van der Waals surface area contributed by atoms with Crippen LogP contribution in [-0.4, -0.2) is 25.5 Å². The lowest BCUT2D eigenvalue weighted by molar-refractivity contribution is 0.0857. The predicted molar refractivity (Wildman–Crippen MR) is 110 cm³/mol. The van der Waals surface area contributed by atoms with E-state index >= 15 is 0 Å². The van der Waals surface area contributed by atoms with E-state index in [1.54, 1.807) is 13.2 Å². The quantitative estimate of drug-likeness (QED) is 0.299. The Hall–Kier alpha value is -1.87. The maximum absolute atomic E-state index is 5.94. The first-order valence-electron chi connectivity index (χ1n) is 9.00. The van der Waals surface area contributed by atoms with Crippen LogP contribution in [0.2, 0.25) is 0 Å². The average molecular weight is 346 g/mol. The number of nitrogens with zero attached hydrogens (tertiary/aromatic N) is 1. The zero-order valence-corrected chi connectivity index (χ0v) is 16.8. The molecule has 0 radical (unpaired) electrons. The molecule has 1 aliphatic rings. The molecule has 3 heteroatoms. The number of oxime groups is 1. The Morgan fingerprint density at radius 2 is 2.00 bits per heavy atom. The summed E-state index contributed by atoms with van der Waals surface area (Å²) in [5.41, 5.74) is 4.68. The maximum atomic E-state index is 5.94. The van der Waals surface area contributed by atoms with Crippen molar-refractivity contribution >= 4 is 5.71 Å². The summed E-state index contributed by atoms with van der Waals surface area (Å²) in [7, 11) is 1.57. The fourth-order valence-electron chi connectivity index (χ4n) is 2.60. The molecule has 0 heterocycles. The molecular formula is C22H35NO2. The van der Waals surface area contributed by atoms with E-state index in [0.717, 1.165) is 30.5 Å². The Morgan fingerprint density at radius 1 is 1.32 bits per heavy atom. The third kappa shape index (κ3) is 9.88. The first-order valence-corrected chi connectivity index (χ1v) is 9.00. The SMILES string of the molecule is C/C=C(/C(C)=N\OC)C(CCC1=CCC=C(C)C=C1)OCC.C=CC. The van der Waals surface area contributed by atoms with Gasteiger partial charge < -0.3 is 9.57 Å². The summed E-state index contributed by atoms with van der Waals surface area (Å²) in [6.07, 6.45) is 15.8. The number of ether oxygens (including phenoxy) is 1. The van der Waals surface area contributed by atoms with Crippen molar-refractivity contribution in [2.75, 3.05) is 13.7 Å². The summed E-state index contributed by atoms with van der Waals surface area (Å²) in [5, 5.41) is 4.05. The summed E-state index contributed by atoms with van der Waals surface area (Å²) in [6.45, 7) is 14.1. The van der Waals surface area contributed by atoms with Crippen LogP contribution < -0.4 is 0 Å². The van der Waals surface area contributed by atoms with Gasteiger partial charge in [-0.2, -0.15) is 0 Å². The van der Waals surface area contributed by atoms with E-state index in [-0.39, 0.29) is 6.10 Å². The molecule has 1 rings (SSSR count). The molecule has 0 bridgehead atoms. The normalized spacial score (nSPS) is 16.1. The highest BCUT2D eigenvalue weighted by Crippen LogP contribution is 2.21. The monoisotopic (exact) mass is 345 g/mol. The van der Waals surface area contributed by atoms with Crippen LogP contribution >= 0.6 is 0 Å². The lowest BCUT2D eigenvalue weighted by Gasteiger charge is -2.20. The Kier molecular flexibility index (Phi) is 13.4. The minimum atomic E-state index is 0.0560. The standard InChI is InChI=1S/C19H29NO2.C3H6/c1-6-18(16(4)20-21-5)19(22-7-2)14-13-17-10-8-9-15(3)11-12-17;1-3-2/h6,9-12,19H,7-8,13-14H2,1-5H3;3H,1H2,2H3/b18-6-,20-16-;. The second-order valence-corrected chi connectivity index (χ2v) is 5.79. The smallest absolute Gasteiger partial charge is 0.106 e. The Morgan fingerprint density at radius 3 is 2.56 bits per heavy atom. The van der Waals surface area contributed by atoms with Gasteiger partial charge in [-0.25, -0.2) is 0 Å². The van der Waals surface area contributed by atoms with Crippen LogP contribution in [0, 0.1) is 0 Å². The van der Waals surface area contributed by atoms with E-state index in [1.807, 2.05) is 27.7 Å². The molecule has 0 saturated heterocycles. The number of hydrogen-bond acceptors (Lipinski definition) is 3. The summed E-state index contributed by atoms with van der Waals surface area (Å²) in [5.74, 6) is 0. The van der Waals surface area contributed by atoms with E-state index in [4.69, 9.17) is 9.57 Å². The van der Waals surface area contributed by atoms with Gasteiger partial charge in [-0.15, -0.1) is 6.58 Å². The number of hydrogen-bond donors (Lipinski definition) is 0. The van der Waals surface area contributed by atoms with Gasteiger partial charge in [0.1, 0.15) is 7.11 Å². The fourth-order valence-corrected chi connectivity index (χ4v) is 2.60. The molecule has 0 aromatic heterocycles. The predicted octanol–water partition coefficient (Wildman–Crippen LogP) is 6.17. The highest BCUT2D eigenvalue weighted by atomic mass is 16.6. The molecular weight excluding hydrogens is 310 g/mol. The highest BCUT2D eigenvalue weighted by Gasteiger charge is 2.17. The van der Waals surface area contributed by atoms with Crippen LogP contribution in [0.25, 0.3) is 0 Å². The minimum Gasteiger partial charge on any atom is -0.399 e. The van der Waals surface area contributed by atoms with Gasteiger partial charge in [-0.05, 0) is 53.9 Å².